The Morgan fingerprint density at radius 3 is 0.884 bits per heavy atom. The molecule has 0 aliphatic rings. The van der Waals surface area contributed by atoms with Gasteiger partial charge in [0.25, 0.3) is 0 Å². The first-order valence-corrected chi connectivity index (χ1v) is 30.1. The maximum absolute atomic E-state index is 12.7. The molecule has 0 aromatic carbocycles. The van der Waals surface area contributed by atoms with Crippen LogP contribution < -0.4 is 0 Å². The molecule has 1 atom stereocenters. The molecule has 0 amide bonds. The van der Waals surface area contributed by atoms with Crippen LogP contribution in [0.15, 0.2) is 48.6 Å². The summed E-state index contributed by atoms with van der Waals surface area (Å²) in [5.41, 5.74) is 0. The van der Waals surface area contributed by atoms with E-state index in [1.165, 1.54) is 193 Å². The fourth-order valence-electron chi connectivity index (χ4n) is 8.85. The van der Waals surface area contributed by atoms with E-state index in [0.29, 0.717) is 19.3 Å². The number of esters is 3. The van der Waals surface area contributed by atoms with E-state index in [2.05, 4.69) is 69.4 Å². The zero-order valence-electron chi connectivity index (χ0n) is 46.1. The molecule has 0 fully saturated rings. The molecule has 0 spiro atoms. The third-order valence-electron chi connectivity index (χ3n) is 13.3. The Morgan fingerprint density at radius 1 is 0.304 bits per heavy atom. The van der Waals surface area contributed by atoms with Crippen molar-refractivity contribution in [3.63, 3.8) is 0 Å². The van der Waals surface area contributed by atoms with E-state index in [1.807, 2.05) is 0 Å². The molecule has 6 nitrogen and oxygen atoms in total. The molecule has 0 bridgehead atoms. The summed E-state index contributed by atoms with van der Waals surface area (Å²) in [6.45, 7) is 6.49. The number of hydrogen-bond acceptors (Lipinski definition) is 6. The van der Waals surface area contributed by atoms with Crippen LogP contribution in [0.4, 0.5) is 0 Å². The van der Waals surface area contributed by atoms with E-state index in [9.17, 15) is 14.4 Å². The van der Waals surface area contributed by atoms with Gasteiger partial charge >= 0.3 is 17.9 Å². The lowest BCUT2D eigenvalue weighted by Crippen LogP contribution is -2.30. The molecule has 0 aromatic rings. The molecular formula is C63H114O6. The molecule has 0 aliphatic carbocycles. The van der Waals surface area contributed by atoms with Crippen molar-refractivity contribution in [2.45, 2.75) is 322 Å². The minimum atomic E-state index is -0.762. The van der Waals surface area contributed by atoms with Crippen molar-refractivity contribution < 1.29 is 28.6 Å². The predicted octanol–water partition coefficient (Wildman–Crippen LogP) is 20.2. The summed E-state index contributed by atoms with van der Waals surface area (Å²) in [4.78, 5) is 37.7. The summed E-state index contributed by atoms with van der Waals surface area (Å²) in [6.07, 6.45) is 71.7. The van der Waals surface area contributed by atoms with Gasteiger partial charge in [-0.2, -0.15) is 0 Å². The Hall–Kier alpha value is -2.63. The zero-order valence-corrected chi connectivity index (χ0v) is 46.1. The molecule has 402 valence electrons. The van der Waals surface area contributed by atoms with Gasteiger partial charge in [0.1, 0.15) is 13.2 Å². The quantitative estimate of drug-likeness (QED) is 0.0262. The molecule has 0 aromatic heterocycles. The highest BCUT2D eigenvalue weighted by molar-refractivity contribution is 5.71. The maximum Gasteiger partial charge on any atom is 0.306 e. The SMILES string of the molecule is CC/C=C\C/C=C\C/C=C\C/C=C\CCCCCCCCCCCCCCCCCCCCCCCCC(=O)OCC(COC(=O)CCCCCCCCC)OC(=O)CCCCCCCCCCC. The average molecular weight is 968 g/mol. The van der Waals surface area contributed by atoms with Gasteiger partial charge in [0.15, 0.2) is 6.10 Å². The third-order valence-corrected chi connectivity index (χ3v) is 13.3. The van der Waals surface area contributed by atoms with Crippen molar-refractivity contribution in [3.8, 4) is 0 Å². The summed E-state index contributed by atoms with van der Waals surface area (Å²) >= 11 is 0. The number of carbonyl (C=O) groups excluding carboxylic acids is 3. The van der Waals surface area contributed by atoms with Crippen molar-refractivity contribution >= 4 is 17.9 Å². The van der Waals surface area contributed by atoms with E-state index in [-0.39, 0.29) is 31.1 Å². The molecule has 0 saturated heterocycles. The third kappa shape index (κ3) is 56.2. The topological polar surface area (TPSA) is 78.9 Å². The lowest BCUT2D eigenvalue weighted by Gasteiger charge is -2.18. The first-order chi connectivity index (χ1) is 34.0. The van der Waals surface area contributed by atoms with Crippen molar-refractivity contribution in [2.24, 2.45) is 0 Å². The number of ether oxygens (including phenoxy) is 3. The van der Waals surface area contributed by atoms with Gasteiger partial charge in [-0.15, -0.1) is 0 Å². The van der Waals surface area contributed by atoms with E-state index in [0.717, 1.165) is 83.5 Å². The Balaban J connectivity index is 3.83. The van der Waals surface area contributed by atoms with Gasteiger partial charge in [-0.25, -0.2) is 0 Å². The molecule has 6 heteroatoms. The monoisotopic (exact) mass is 967 g/mol. The van der Waals surface area contributed by atoms with Crippen LogP contribution in [0.3, 0.4) is 0 Å². The second-order valence-electron chi connectivity index (χ2n) is 20.2. The number of hydrogen-bond donors (Lipinski definition) is 0. The van der Waals surface area contributed by atoms with Gasteiger partial charge in [-0.05, 0) is 57.8 Å². The molecule has 0 heterocycles. The van der Waals surface area contributed by atoms with Crippen LogP contribution in [0, 0.1) is 0 Å². The Morgan fingerprint density at radius 2 is 0.565 bits per heavy atom. The summed E-state index contributed by atoms with van der Waals surface area (Å²) in [6, 6.07) is 0. The van der Waals surface area contributed by atoms with Gasteiger partial charge in [0.05, 0.1) is 0 Å². The second-order valence-corrected chi connectivity index (χ2v) is 20.2. The molecular weight excluding hydrogens is 853 g/mol. The van der Waals surface area contributed by atoms with Crippen LogP contribution in [0.25, 0.3) is 0 Å². The Labute approximate surface area is 428 Å². The molecule has 0 rings (SSSR count). The summed E-state index contributed by atoms with van der Waals surface area (Å²) in [5.74, 6) is -0.862. The molecule has 0 saturated carbocycles. The Bertz CT molecular complexity index is 1200. The smallest absolute Gasteiger partial charge is 0.306 e. The van der Waals surface area contributed by atoms with Crippen LogP contribution in [-0.4, -0.2) is 37.2 Å². The lowest BCUT2D eigenvalue weighted by molar-refractivity contribution is -0.167. The van der Waals surface area contributed by atoms with Gasteiger partial charge in [0, 0.05) is 19.3 Å². The summed E-state index contributed by atoms with van der Waals surface area (Å²) in [5, 5.41) is 0. The number of rotatable bonds is 55. The maximum atomic E-state index is 12.7. The number of allylic oxidation sites excluding steroid dienone is 8. The van der Waals surface area contributed by atoms with Gasteiger partial charge in [0.2, 0.25) is 0 Å². The molecule has 0 aliphatic heterocycles. The first kappa shape index (κ1) is 66.4. The molecule has 0 radical (unpaired) electrons. The molecule has 69 heavy (non-hydrogen) atoms. The minimum absolute atomic E-state index is 0.0666. The normalized spacial score (nSPS) is 12.3. The number of unbranched alkanes of at least 4 members (excludes halogenated alkanes) is 36. The van der Waals surface area contributed by atoms with E-state index in [4.69, 9.17) is 14.2 Å². The average Bonchev–Trinajstić information content (AvgIpc) is 3.35. The van der Waals surface area contributed by atoms with Crippen LogP contribution in [-0.2, 0) is 28.6 Å². The standard InChI is InChI=1S/C63H114O6/c1-4-7-10-13-16-18-19-20-21-22-23-24-25-26-27-28-29-30-31-32-33-34-35-36-37-38-39-40-41-42-43-45-47-50-53-56-62(65)68-59-60(58-67-61(64)55-52-49-46-15-12-9-6-3)69-63(66)57-54-51-48-44-17-14-11-8-5-2/h7,10,16,18,20-21,23-24,60H,4-6,8-9,11-15,17,19,22,25-59H2,1-3H3/b10-7-,18-16-,21-20-,24-23-. The zero-order chi connectivity index (χ0) is 50.0. The summed E-state index contributed by atoms with van der Waals surface area (Å²) < 4.78 is 16.7. The first-order valence-electron chi connectivity index (χ1n) is 30.1. The van der Waals surface area contributed by atoms with Crippen LogP contribution in [0.1, 0.15) is 316 Å². The largest absolute Gasteiger partial charge is 0.462 e. The predicted molar refractivity (Wildman–Crippen MR) is 298 cm³/mol. The highest BCUT2D eigenvalue weighted by Crippen LogP contribution is 2.17. The number of carbonyl (C=O) groups is 3. The van der Waals surface area contributed by atoms with Crippen molar-refractivity contribution in [3.05, 3.63) is 48.6 Å². The Kier molecular flexibility index (Phi) is 55.7. The molecule has 1 unspecified atom stereocenters. The van der Waals surface area contributed by atoms with Gasteiger partial charge < -0.3 is 14.2 Å². The second kappa shape index (κ2) is 57.9. The fourth-order valence-corrected chi connectivity index (χ4v) is 8.85. The van der Waals surface area contributed by atoms with E-state index < -0.39 is 6.10 Å². The van der Waals surface area contributed by atoms with Crippen LogP contribution >= 0.6 is 0 Å². The molecule has 0 N–H and O–H groups in total. The highest BCUT2D eigenvalue weighted by Gasteiger charge is 2.19. The van der Waals surface area contributed by atoms with Crippen molar-refractivity contribution in [2.75, 3.05) is 13.2 Å². The van der Waals surface area contributed by atoms with Gasteiger partial charge in [-0.1, -0.05) is 288 Å². The van der Waals surface area contributed by atoms with E-state index >= 15 is 0 Å². The fraction of sp³-hybridized carbons (Fsp3) is 0.825. The van der Waals surface area contributed by atoms with Crippen molar-refractivity contribution in [1.82, 2.24) is 0 Å². The van der Waals surface area contributed by atoms with Crippen LogP contribution in [0.5, 0.6) is 0 Å². The summed E-state index contributed by atoms with van der Waals surface area (Å²) in [7, 11) is 0. The minimum Gasteiger partial charge on any atom is -0.462 e. The van der Waals surface area contributed by atoms with E-state index in [1.54, 1.807) is 0 Å². The van der Waals surface area contributed by atoms with Crippen LogP contribution in [0.2, 0.25) is 0 Å². The van der Waals surface area contributed by atoms with Crippen molar-refractivity contribution in [1.29, 1.82) is 0 Å². The highest BCUT2D eigenvalue weighted by atomic mass is 16.6. The lowest BCUT2D eigenvalue weighted by atomic mass is 10.0. The van der Waals surface area contributed by atoms with Gasteiger partial charge in [-0.3, -0.25) is 14.4 Å².